The topological polar surface area (TPSA) is 88.2 Å². The van der Waals surface area contributed by atoms with Crippen LogP contribution in [0.3, 0.4) is 0 Å². The van der Waals surface area contributed by atoms with Crippen molar-refractivity contribution in [1.82, 2.24) is 4.98 Å². The maximum atomic E-state index is 11.1. The summed E-state index contributed by atoms with van der Waals surface area (Å²) in [5.41, 5.74) is 6.28. The highest BCUT2D eigenvalue weighted by Gasteiger charge is 2.20. The van der Waals surface area contributed by atoms with Gasteiger partial charge in [0.2, 0.25) is 0 Å². The summed E-state index contributed by atoms with van der Waals surface area (Å²) >= 11 is 0. The van der Waals surface area contributed by atoms with E-state index in [9.17, 15) is 4.79 Å². The highest BCUT2D eigenvalue weighted by molar-refractivity contribution is 5.94. The van der Waals surface area contributed by atoms with Gasteiger partial charge in [0.1, 0.15) is 5.82 Å². The van der Waals surface area contributed by atoms with Gasteiger partial charge in [-0.3, -0.25) is 0 Å². The number of carbonyl (C=O) groups is 1. The molecule has 98 valence electrons. The minimum atomic E-state index is -0.976. The number of nitrogens with zero attached hydrogens (tertiary/aromatic N) is 1. The molecule has 0 saturated heterocycles. The van der Waals surface area contributed by atoms with Gasteiger partial charge in [0, 0.05) is 6.04 Å². The number of aromatic carboxylic acids is 1. The van der Waals surface area contributed by atoms with Gasteiger partial charge in [0.25, 0.3) is 0 Å². The lowest BCUT2D eigenvalue weighted by Gasteiger charge is -2.28. The van der Waals surface area contributed by atoms with Crippen LogP contribution >= 0.6 is 0 Å². The van der Waals surface area contributed by atoms with Gasteiger partial charge in [-0.25, -0.2) is 9.78 Å². The summed E-state index contributed by atoms with van der Waals surface area (Å²) in [6.07, 6.45) is 6.02. The molecule has 4 N–H and O–H groups in total. The lowest BCUT2D eigenvalue weighted by atomic mass is 9.87. The minimum Gasteiger partial charge on any atom is -0.478 e. The molecule has 5 heteroatoms. The molecule has 0 amide bonds. The highest BCUT2D eigenvalue weighted by atomic mass is 16.4. The fourth-order valence-electron chi connectivity index (χ4n) is 2.39. The predicted octanol–water partition coefficient (Wildman–Crippen LogP) is 2.35. The fraction of sp³-hybridized carbons (Fsp3) is 0.538. The van der Waals surface area contributed by atoms with Crippen LogP contribution in [-0.4, -0.2) is 22.1 Å². The molecule has 0 unspecified atom stereocenters. The van der Waals surface area contributed by atoms with Crippen LogP contribution < -0.4 is 11.1 Å². The first-order chi connectivity index (χ1) is 8.56. The van der Waals surface area contributed by atoms with Crippen LogP contribution in [0.15, 0.2) is 12.3 Å². The second-order valence-electron chi connectivity index (χ2n) is 5.06. The summed E-state index contributed by atoms with van der Waals surface area (Å²) in [7, 11) is 0. The lowest BCUT2D eigenvalue weighted by Crippen LogP contribution is -2.26. The molecule has 0 bridgehead atoms. The maximum Gasteiger partial charge on any atom is 0.337 e. The van der Waals surface area contributed by atoms with Crippen molar-refractivity contribution in [2.45, 2.75) is 38.6 Å². The standard InChI is InChI=1S/C13H19N3O2/c1-8-2-4-9(5-3-8)16-11-7-15-12(14)6-10(11)13(17)18/h6-9,16H,2-5H2,1H3,(H2,14,15)(H,17,18). The van der Waals surface area contributed by atoms with Gasteiger partial charge in [0.05, 0.1) is 17.4 Å². The molecule has 0 radical (unpaired) electrons. The van der Waals surface area contributed by atoms with E-state index in [1.54, 1.807) is 0 Å². The van der Waals surface area contributed by atoms with E-state index in [4.69, 9.17) is 10.8 Å². The van der Waals surface area contributed by atoms with Gasteiger partial charge in [-0.2, -0.15) is 0 Å². The van der Waals surface area contributed by atoms with Gasteiger partial charge < -0.3 is 16.2 Å². The minimum absolute atomic E-state index is 0.195. The van der Waals surface area contributed by atoms with Crippen LogP contribution in [0.1, 0.15) is 43.0 Å². The van der Waals surface area contributed by atoms with Gasteiger partial charge in [-0.05, 0) is 37.7 Å². The Bertz CT molecular complexity index is 440. The first kappa shape index (κ1) is 12.7. The maximum absolute atomic E-state index is 11.1. The van der Waals surface area contributed by atoms with E-state index in [1.165, 1.54) is 25.1 Å². The van der Waals surface area contributed by atoms with E-state index in [1.807, 2.05) is 0 Å². The summed E-state index contributed by atoms with van der Waals surface area (Å²) in [6.45, 7) is 2.25. The molecule has 2 rings (SSSR count). The Kier molecular flexibility index (Phi) is 3.69. The molecule has 1 fully saturated rings. The second kappa shape index (κ2) is 5.25. The van der Waals surface area contributed by atoms with Crippen LogP contribution in [0.4, 0.5) is 11.5 Å². The Balaban J connectivity index is 2.11. The number of anilines is 2. The molecule has 0 spiro atoms. The Hall–Kier alpha value is -1.78. The molecule has 1 aromatic heterocycles. The number of aromatic nitrogens is 1. The van der Waals surface area contributed by atoms with Gasteiger partial charge in [0.15, 0.2) is 0 Å². The van der Waals surface area contributed by atoms with Crippen LogP contribution in [0, 0.1) is 5.92 Å². The van der Waals surface area contributed by atoms with Crippen LogP contribution in [0.5, 0.6) is 0 Å². The molecule has 1 aliphatic carbocycles. The normalized spacial score (nSPS) is 23.6. The van der Waals surface area contributed by atoms with Crippen molar-refractivity contribution in [2.75, 3.05) is 11.1 Å². The van der Waals surface area contributed by atoms with Crippen molar-refractivity contribution >= 4 is 17.5 Å². The zero-order valence-electron chi connectivity index (χ0n) is 10.5. The quantitative estimate of drug-likeness (QED) is 0.765. The molecule has 0 atom stereocenters. The van der Waals surface area contributed by atoms with E-state index < -0.39 is 5.97 Å². The third kappa shape index (κ3) is 2.91. The number of carboxylic acids is 1. The highest BCUT2D eigenvalue weighted by Crippen LogP contribution is 2.27. The number of nitrogens with two attached hydrogens (primary N) is 1. The van der Waals surface area contributed by atoms with Crippen LogP contribution in [0.2, 0.25) is 0 Å². The average molecular weight is 249 g/mol. The molecular weight excluding hydrogens is 230 g/mol. The van der Waals surface area contributed by atoms with Crippen molar-refractivity contribution in [3.63, 3.8) is 0 Å². The van der Waals surface area contributed by atoms with E-state index in [2.05, 4.69) is 17.2 Å². The lowest BCUT2D eigenvalue weighted by molar-refractivity contribution is 0.0698. The number of hydrogen-bond acceptors (Lipinski definition) is 4. The molecule has 5 nitrogen and oxygen atoms in total. The third-order valence-electron chi connectivity index (χ3n) is 3.53. The first-order valence-electron chi connectivity index (χ1n) is 6.31. The van der Waals surface area contributed by atoms with Crippen molar-refractivity contribution in [2.24, 2.45) is 5.92 Å². The smallest absolute Gasteiger partial charge is 0.337 e. The Morgan fingerprint density at radius 1 is 1.44 bits per heavy atom. The number of hydrogen-bond donors (Lipinski definition) is 3. The van der Waals surface area contributed by atoms with E-state index >= 15 is 0 Å². The predicted molar refractivity (Wildman–Crippen MR) is 70.7 cm³/mol. The summed E-state index contributed by atoms with van der Waals surface area (Å²) in [6, 6.07) is 1.74. The first-order valence-corrected chi connectivity index (χ1v) is 6.31. The number of rotatable bonds is 3. The number of pyridine rings is 1. The summed E-state index contributed by atoms with van der Waals surface area (Å²) in [4.78, 5) is 15.1. The van der Waals surface area contributed by atoms with E-state index in [0.29, 0.717) is 11.7 Å². The summed E-state index contributed by atoms with van der Waals surface area (Å²) in [5, 5.41) is 12.4. The largest absolute Gasteiger partial charge is 0.478 e. The number of nitrogens with one attached hydrogen (secondary N) is 1. The number of carboxylic acid groups (broad SMARTS) is 1. The van der Waals surface area contributed by atoms with Crippen molar-refractivity contribution in [3.8, 4) is 0 Å². The molecule has 18 heavy (non-hydrogen) atoms. The molecule has 1 saturated carbocycles. The SMILES string of the molecule is CC1CCC(Nc2cnc(N)cc2C(=O)O)CC1. The molecule has 1 aliphatic rings. The molecule has 1 heterocycles. The van der Waals surface area contributed by atoms with E-state index in [0.717, 1.165) is 18.8 Å². The van der Waals surface area contributed by atoms with Gasteiger partial charge in [-0.1, -0.05) is 6.92 Å². The molecular formula is C13H19N3O2. The van der Waals surface area contributed by atoms with Crippen molar-refractivity contribution < 1.29 is 9.90 Å². The zero-order chi connectivity index (χ0) is 13.1. The molecule has 0 aliphatic heterocycles. The zero-order valence-corrected chi connectivity index (χ0v) is 10.5. The van der Waals surface area contributed by atoms with Gasteiger partial charge >= 0.3 is 5.97 Å². The monoisotopic (exact) mass is 249 g/mol. The average Bonchev–Trinajstić information content (AvgIpc) is 2.34. The summed E-state index contributed by atoms with van der Waals surface area (Å²) < 4.78 is 0. The van der Waals surface area contributed by atoms with Crippen LogP contribution in [0.25, 0.3) is 0 Å². The van der Waals surface area contributed by atoms with Crippen LogP contribution in [-0.2, 0) is 0 Å². The third-order valence-corrected chi connectivity index (χ3v) is 3.53. The van der Waals surface area contributed by atoms with E-state index in [-0.39, 0.29) is 11.4 Å². The Morgan fingerprint density at radius 2 is 2.11 bits per heavy atom. The number of nitrogen functional groups attached to an aromatic ring is 1. The van der Waals surface area contributed by atoms with Crippen molar-refractivity contribution in [3.05, 3.63) is 17.8 Å². The fourth-order valence-corrected chi connectivity index (χ4v) is 2.39. The van der Waals surface area contributed by atoms with Crippen molar-refractivity contribution in [1.29, 1.82) is 0 Å². The Labute approximate surface area is 106 Å². The Morgan fingerprint density at radius 3 is 2.72 bits per heavy atom. The molecule has 1 aromatic rings. The van der Waals surface area contributed by atoms with Gasteiger partial charge in [-0.15, -0.1) is 0 Å². The summed E-state index contributed by atoms with van der Waals surface area (Å²) in [5.74, 6) is 0.0255. The molecule has 0 aromatic carbocycles. The second-order valence-corrected chi connectivity index (χ2v) is 5.06.